The van der Waals surface area contributed by atoms with E-state index in [0.29, 0.717) is 13.2 Å². The van der Waals surface area contributed by atoms with Gasteiger partial charge in [0.25, 0.3) is 5.91 Å². The van der Waals surface area contributed by atoms with Crippen LogP contribution in [0.15, 0.2) is 60.7 Å². The summed E-state index contributed by atoms with van der Waals surface area (Å²) in [7, 11) is 0. The minimum absolute atomic E-state index is 0.0456. The molecule has 1 heterocycles. The highest BCUT2D eigenvalue weighted by molar-refractivity contribution is 5.77. The van der Waals surface area contributed by atoms with Gasteiger partial charge in [0, 0.05) is 19.5 Å². The van der Waals surface area contributed by atoms with E-state index in [4.69, 9.17) is 14.5 Å². The average Bonchev–Trinajstić information content (AvgIpc) is 3.30. The quantitative estimate of drug-likeness (QED) is 0.164. The number of unbranched alkanes of at least 4 members (excludes halogenated alkanes) is 3. The van der Waals surface area contributed by atoms with Gasteiger partial charge < -0.3 is 19.4 Å². The van der Waals surface area contributed by atoms with Gasteiger partial charge >= 0.3 is 0 Å². The number of rotatable bonds is 15. The number of hydrogen-bond acceptors (Lipinski definition) is 4. The molecule has 0 fully saturated rings. The molecule has 3 aromatic carbocycles. The number of carbonyl (C=O) groups excluding carboxylic acids is 1. The van der Waals surface area contributed by atoms with E-state index < -0.39 is 0 Å². The number of aromatic nitrogens is 2. The summed E-state index contributed by atoms with van der Waals surface area (Å²) in [5.74, 6) is 2.82. The van der Waals surface area contributed by atoms with E-state index in [1.165, 1.54) is 16.6 Å². The molecule has 6 heteroatoms. The number of carbonyl (C=O) groups is 1. The highest BCUT2D eigenvalue weighted by atomic mass is 16.5. The molecule has 4 rings (SSSR count). The molecule has 0 aliphatic heterocycles. The van der Waals surface area contributed by atoms with Crippen molar-refractivity contribution in [2.24, 2.45) is 0 Å². The van der Waals surface area contributed by atoms with Gasteiger partial charge in [0.2, 0.25) is 0 Å². The van der Waals surface area contributed by atoms with E-state index in [-0.39, 0.29) is 12.5 Å². The summed E-state index contributed by atoms with van der Waals surface area (Å²) in [6, 6.07) is 20.8. The number of amides is 1. The molecule has 1 amide bonds. The van der Waals surface area contributed by atoms with E-state index in [2.05, 4.69) is 60.1 Å². The first-order valence-corrected chi connectivity index (χ1v) is 14.5. The molecule has 6 nitrogen and oxygen atoms in total. The summed E-state index contributed by atoms with van der Waals surface area (Å²) >= 11 is 0. The molecule has 0 atom stereocenters. The van der Waals surface area contributed by atoms with Gasteiger partial charge in [-0.3, -0.25) is 4.79 Å². The van der Waals surface area contributed by atoms with Crippen LogP contribution in [-0.2, 0) is 17.8 Å². The molecule has 0 saturated carbocycles. The van der Waals surface area contributed by atoms with Crippen molar-refractivity contribution in [2.45, 2.75) is 72.8 Å². The number of imidazole rings is 1. The molecule has 40 heavy (non-hydrogen) atoms. The number of aryl methyl sites for hydroxylation is 6. The largest absolute Gasteiger partial charge is 0.493 e. The minimum atomic E-state index is -0.0794. The predicted molar refractivity (Wildman–Crippen MR) is 162 cm³/mol. The zero-order chi connectivity index (χ0) is 28.3. The lowest BCUT2D eigenvalue weighted by Gasteiger charge is -2.12. The highest BCUT2D eigenvalue weighted by Gasteiger charge is 2.11. The fourth-order valence-corrected chi connectivity index (χ4v) is 4.85. The van der Waals surface area contributed by atoms with E-state index in [1.807, 2.05) is 38.1 Å². The molecule has 212 valence electrons. The molecule has 0 radical (unpaired) electrons. The maximum Gasteiger partial charge on any atom is 0.257 e. The zero-order valence-corrected chi connectivity index (χ0v) is 24.5. The Morgan fingerprint density at radius 2 is 1.50 bits per heavy atom. The van der Waals surface area contributed by atoms with Crippen molar-refractivity contribution in [1.82, 2.24) is 14.9 Å². The summed E-state index contributed by atoms with van der Waals surface area (Å²) in [5.41, 5.74) is 6.81. The number of para-hydroxylation sites is 2. The van der Waals surface area contributed by atoms with E-state index >= 15 is 0 Å². The van der Waals surface area contributed by atoms with Gasteiger partial charge in [-0.25, -0.2) is 4.98 Å². The Morgan fingerprint density at radius 3 is 2.25 bits per heavy atom. The van der Waals surface area contributed by atoms with Crippen molar-refractivity contribution in [3.63, 3.8) is 0 Å². The second-order valence-electron chi connectivity index (χ2n) is 10.7. The Bertz CT molecular complexity index is 1410. The monoisotopic (exact) mass is 541 g/mol. The van der Waals surface area contributed by atoms with Crippen LogP contribution in [0.3, 0.4) is 0 Å². The number of nitrogens with one attached hydrogen (secondary N) is 1. The van der Waals surface area contributed by atoms with Gasteiger partial charge in [-0.2, -0.15) is 0 Å². The third kappa shape index (κ3) is 8.35. The third-order valence-electron chi connectivity index (χ3n) is 7.21. The van der Waals surface area contributed by atoms with Gasteiger partial charge in [0.05, 0.1) is 17.6 Å². The Balaban J connectivity index is 1.18. The number of hydrogen-bond donors (Lipinski definition) is 1. The first-order chi connectivity index (χ1) is 19.4. The Morgan fingerprint density at radius 1 is 0.800 bits per heavy atom. The molecule has 1 aromatic heterocycles. The predicted octanol–water partition coefficient (Wildman–Crippen LogP) is 7.04. The van der Waals surface area contributed by atoms with Crippen molar-refractivity contribution >= 4 is 16.9 Å². The fourth-order valence-electron chi connectivity index (χ4n) is 4.85. The lowest BCUT2D eigenvalue weighted by Crippen LogP contribution is -2.29. The van der Waals surface area contributed by atoms with Crippen molar-refractivity contribution in [3.05, 3.63) is 88.7 Å². The first kappa shape index (κ1) is 29.2. The number of benzene rings is 3. The summed E-state index contributed by atoms with van der Waals surface area (Å²) < 4.78 is 14.1. The lowest BCUT2D eigenvalue weighted by molar-refractivity contribution is -0.123. The summed E-state index contributed by atoms with van der Waals surface area (Å²) in [6.45, 7) is 10.5. The molecule has 0 aliphatic rings. The Hall–Kier alpha value is -3.80. The summed E-state index contributed by atoms with van der Waals surface area (Å²) in [4.78, 5) is 17.1. The van der Waals surface area contributed by atoms with Crippen LogP contribution in [0.25, 0.3) is 11.0 Å². The molecule has 0 saturated heterocycles. The van der Waals surface area contributed by atoms with Crippen molar-refractivity contribution in [2.75, 3.05) is 19.8 Å². The number of fused-ring (bicyclic) bond motifs is 1. The minimum Gasteiger partial charge on any atom is -0.493 e. The normalized spacial score (nSPS) is 11.1. The molecule has 0 spiro atoms. The van der Waals surface area contributed by atoms with Crippen molar-refractivity contribution in [1.29, 1.82) is 0 Å². The van der Waals surface area contributed by atoms with Crippen LogP contribution in [0.1, 0.15) is 60.2 Å². The summed E-state index contributed by atoms with van der Waals surface area (Å²) in [5, 5.41) is 2.98. The SMILES string of the molecule is Cc1ccc(C)c(OCCCCn2c(CCCCCNC(=O)COc3cc(C)ccc3C)nc3ccccc32)c1. The van der Waals surface area contributed by atoms with Crippen LogP contribution in [-0.4, -0.2) is 35.2 Å². The maximum absolute atomic E-state index is 12.2. The number of ether oxygens (including phenoxy) is 2. The van der Waals surface area contributed by atoms with Gasteiger partial charge in [-0.05, 0) is 99.9 Å². The topological polar surface area (TPSA) is 65.4 Å². The second kappa shape index (κ2) is 14.5. The van der Waals surface area contributed by atoms with Crippen molar-refractivity contribution in [3.8, 4) is 11.5 Å². The van der Waals surface area contributed by atoms with Crippen LogP contribution in [0.5, 0.6) is 11.5 Å². The molecule has 1 N–H and O–H groups in total. The van der Waals surface area contributed by atoms with Gasteiger partial charge in [0.1, 0.15) is 17.3 Å². The molecule has 0 aliphatic carbocycles. The number of nitrogens with zero attached hydrogens (tertiary/aromatic N) is 2. The van der Waals surface area contributed by atoms with Crippen LogP contribution < -0.4 is 14.8 Å². The molecular weight excluding hydrogens is 498 g/mol. The first-order valence-electron chi connectivity index (χ1n) is 14.5. The maximum atomic E-state index is 12.2. The lowest BCUT2D eigenvalue weighted by atomic mass is 10.1. The third-order valence-corrected chi connectivity index (χ3v) is 7.21. The zero-order valence-electron chi connectivity index (χ0n) is 24.5. The standard InChI is InChI=1S/C34H43N3O3/c1-25-15-17-27(3)31(22-25)39-21-11-10-20-37-30-13-8-7-12-29(30)36-33(37)14-6-5-9-19-35-34(38)24-40-32-23-26(2)16-18-28(32)4/h7-8,12-13,15-18,22-23H,5-6,9-11,14,19-21,24H2,1-4H3,(H,35,38). The van der Waals surface area contributed by atoms with E-state index in [1.54, 1.807) is 0 Å². The van der Waals surface area contributed by atoms with E-state index in [9.17, 15) is 4.79 Å². The van der Waals surface area contributed by atoms with Gasteiger partial charge in [-0.1, -0.05) is 42.8 Å². The second-order valence-corrected chi connectivity index (χ2v) is 10.7. The van der Waals surface area contributed by atoms with Crippen LogP contribution >= 0.6 is 0 Å². The van der Waals surface area contributed by atoms with Crippen molar-refractivity contribution < 1.29 is 14.3 Å². The molecule has 4 aromatic rings. The fraction of sp³-hybridized carbons (Fsp3) is 0.412. The van der Waals surface area contributed by atoms with Crippen LogP contribution in [0.2, 0.25) is 0 Å². The average molecular weight is 542 g/mol. The summed E-state index contributed by atoms with van der Waals surface area (Å²) in [6.07, 6.45) is 5.96. The van der Waals surface area contributed by atoms with Gasteiger partial charge in [-0.15, -0.1) is 0 Å². The molecular formula is C34H43N3O3. The van der Waals surface area contributed by atoms with Gasteiger partial charge in [0.15, 0.2) is 6.61 Å². The van der Waals surface area contributed by atoms with E-state index in [0.717, 1.165) is 79.0 Å². The highest BCUT2D eigenvalue weighted by Crippen LogP contribution is 2.21. The Labute approximate surface area is 238 Å². The molecule has 0 unspecified atom stereocenters. The van der Waals surface area contributed by atoms with Crippen LogP contribution in [0, 0.1) is 27.7 Å². The van der Waals surface area contributed by atoms with Crippen LogP contribution in [0.4, 0.5) is 0 Å². The Kier molecular flexibility index (Phi) is 10.6. The smallest absolute Gasteiger partial charge is 0.257 e. The molecule has 0 bridgehead atoms.